The van der Waals surface area contributed by atoms with Crippen molar-refractivity contribution in [3.05, 3.63) is 59.2 Å². The van der Waals surface area contributed by atoms with Gasteiger partial charge in [0.05, 0.1) is 10.6 Å². The van der Waals surface area contributed by atoms with Gasteiger partial charge in [0.25, 0.3) is 5.91 Å². The number of rotatable bonds is 6. The van der Waals surface area contributed by atoms with Crippen molar-refractivity contribution < 1.29 is 21.6 Å². The molecule has 1 N–H and O–H groups in total. The molecule has 1 fully saturated rings. The number of amides is 1. The van der Waals surface area contributed by atoms with Crippen molar-refractivity contribution >= 4 is 31.5 Å². The Hall–Kier alpha value is -2.23. The van der Waals surface area contributed by atoms with Gasteiger partial charge in [-0.15, -0.1) is 0 Å². The van der Waals surface area contributed by atoms with Gasteiger partial charge in [-0.1, -0.05) is 31.0 Å². The van der Waals surface area contributed by atoms with Gasteiger partial charge in [-0.3, -0.25) is 4.79 Å². The average Bonchev–Trinajstić information content (AvgIpc) is 2.99. The largest absolute Gasteiger partial charge is 0.322 e. The Bertz CT molecular complexity index is 1150. The SMILES string of the molecule is Cc1ccc(NC(=O)c2ccc(CS(C)(=O)=O)cc2)cc1S(=O)(=O)N1CCCCCC1. The molecule has 1 heterocycles. The second kappa shape index (κ2) is 9.50. The first-order valence-electron chi connectivity index (χ1n) is 10.2. The fourth-order valence-corrected chi connectivity index (χ4v) is 6.20. The number of carbonyl (C=O) groups is 1. The van der Waals surface area contributed by atoms with E-state index in [0.29, 0.717) is 35.5 Å². The molecule has 1 amide bonds. The van der Waals surface area contributed by atoms with Gasteiger partial charge in [-0.25, -0.2) is 16.8 Å². The first-order valence-corrected chi connectivity index (χ1v) is 13.8. The van der Waals surface area contributed by atoms with Crippen LogP contribution >= 0.6 is 0 Å². The molecule has 7 nitrogen and oxygen atoms in total. The Morgan fingerprint density at radius 3 is 2.13 bits per heavy atom. The van der Waals surface area contributed by atoms with Crippen molar-refractivity contribution in [2.45, 2.75) is 43.3 Å². The highest BCUT2D eigenvalue weighted by Crippen LogP contribution is 2.26. The van der Waals surface area contributed by atoms with Crippen LogP contribution in [0.4, 0.5) is 5.69 Å². The molecule has 0 aromatic heterocycles. The van der Waals surface area contributed by atoms with Crippen LogP contribution in [0.3, 0.4) is 0 Å². The molecule has 0 bridgehead atoms. The first kappa shape index (κ1) is 23.4. The van der Waals surface area contributed by atoms with Gasteiger partial charge in [0.2, 0.25) is 10.0 Å². The van der Waals surface area contributed by atoms with Crippen molar-refractivity contribution in [3.63, 3.8) is 0 Å². The summed E-state index contributed by atoms with van der Waals surface area (Å²) in [6.45, 7) is 2.77. The Morgan fingerprint density at radius 1 is 0.935 bits per heavy atom. The van der Waals surface area contributed by atoms with E-state index in [4.69, 9.17) is 0 Å². The maximum absolute atomic E-state index is 13.2. The summed E-state index contributed by atoms with van der Waals surface area (Å²) in [6.07, 6.45) is 4.92. The van der Waals surface area contributed by atoms with E-state index in [9.17, 15) is 21.6 Å². The van der Waals surface area contributed by atoms with Crippen LogP contribution in [0.2, 0.25) is 0 Å². The maximum Gasteiger partial charge on any atom is 0.255 e. The van der Waals surface area contributed by atoms with Crippen LogP contribution in [0.1, 0.15) is 47.2 Å². The van der Waals surface area contributed by atoms with E-state index >= 15 is 0 Å². The number of hydrogen-bond donors (Lipinski definition) is 1. The summed E-state index contributed by atoms with van der Waals surface area (Å²) >= 11 is 0. The molecule has 0 atom stereocenters. The molecule has 0 aliphatic carbocycles. The smallest absolute Gasteiger partial charge is 0.255 e. The van der Waals surface area contributed by atoms with Gasteiger partial charge in [0.1, 0.15) is 0 Å². The lowest BCUT2D eigenvalue weighted by molar-refractivity contribution is 0.102. The molecule has 0 unspecified atom stereocenters. The summed E-state index contributed by atoms with van der Waals surface area (Å²) in [5, 5.41) is 2.74. The van der Waals surface area contributed by atoms with Gasteiger partial charge < -0.3 is 5.32 Å². The quantitative estimate of drug-likeness (QED) is 0.707. The average molecular weight is 465 g/mol. The lowest BCUT2D eigenvalue weighted by Gasteiger charge is -2.21. The molecule has 1 saturated heterocycles. The Labute approximate surface area is 184 Å². The predicted molar refractivity (Wildman–Crippen MR) is 121 cm³/mol. The predicted octanol–water partition coefficient (Wildman–Crippen LogP) is 3.36. The third kappa shape index (κ3) is 6.15. The van der Waals surface area contributed by atoms with Crippen molar-refractivity contribution in [3.8, 4) is 0 Å². The normalized spacial score (nSPS) is 15.9. The van der Waals surface area contributed by atoms with E-state index in [1.54, 1.807) is 43.3 Å². The summed E-state index contributed by atoms with van der Waals surface area (Å²) in [5.74, 6) is -0.488. The van der Waals surface area contributed by atoms with E-state index in [-0.39, 0.29) is 10.6 Å². The molecule has 0 saturated carbocycles. The molecular formula is C22H28N2O5S2. The third-order valence-electron chi connectivity index (χ3n) is 5.27. The first-order chi connectivity index (χ1) is 14.6. The molecule has 1 aliphatic rings. The number of sulfonamides is 1. The number of hydrogen-bond acceptors (Lipinski definition) is 5. The van der Waals surface area contributed by atoms with Gasteiger partial charge in [-0.2, -0.15) is 4.31 Å². The van der Waals surface area contributed by atoms with Crippen LogP contribution in [0, 0.1) is 6.92 Å². The van der Waals surface area contributed by atoms with Gasteiger partial charge >= 0.3 is 0 Å². The summed E-state index contributed by atoms with van der Waals surface area (Å²) in [7, 11) is -6.79. The minimum Gasteiger partial charge on any atom is -0.322 e. The van der Waals surface area contributed by atoms with Crippen molar-refractivity contribution in [2.75, 3.05) is 24.7 Å². The van der Waals surface area contributed by atoms with E-state index in [1.165, 1.54) is 10.4 Å². The van der Waals surface area contributed by atoms with Crippen LogP contribution < -0.4 is 5.32 Å². The molecular weight excluding hydrogens is 436 g/mol. The van der Waals surface area contributed by atoms with Crippen molar-refractivity contribution in [1.29, 1.82) is 0 Å². The fraction of sp³-hybridized carbons (Fsp3) is 0.409. The highest BCUT2D eigenvalue weighted by Gasteiger charge is 2.27. The molecule has 0 radical (unpaired) electrons. The molecule has 2 aromatic carbocycles. The number of sulfone groups is 1. The standard InChI is InChI=1S/C22H28N2O5S2/c1-17-7-12-20(15-21(17)31(28,29)24-13-5-3-4-6-14-24)23-22(25)19-10-8-18(9-11-19)16-30(2,26)27/h7-12,15H,3-6,13-14,16H2,1-2H3,(H,23,25). The summed E-state index contributed by atoms with van der Waals surface area (Å²) in [6, 6.07) is 11.2. The summed E-state index contributed by atoms with van der Waals surface area (Å²) < 4.78 is 50.7. The van der Waals surface area contributed by atoms with Crippen LogP contribution in [0.15, 0.2) is 47.4 Å². The number of benzene rings is 2. The Kier molecular flexibility index (Phi) is 7.18. The van der Waals surface area contributed by atoms with Crippen LogP contribution in [0.5, 0.6) is 0 Å². The van der Waals surface area contributed by atoms with E-state index < -0.39 is 25.8 Å². The van der Waals surface area contributed by atoms with Gasteiger partial charge in [0.15, 0.2) is 9.84 Å². The zero-order chi connectivity index (χ0) is 22.6. The zero-order valence-electron chi connectivity index (χ0n) is 17.8. The molecule has 3 rings (SSSR count). The summed E-state index contributed by atoms with van der Waals surface area (Å²) in [5.41, 5.74) is 1.98. The minimum atomic E-state index is -3.64. The van der Waals surface area contributed by atoms with E-state index in [0.717, 1.165) is 31.9 Å². The van der Waals surface area contributed by atoms with Crippen molar-refractivity contribution in [1.82, 2.24) is 4.31 Å². The molecule has 168 valence electrons. The van der Waals surface area contributed by atoms with E-state index in [2.05, 4.69) is 5.32 Å². The second-order valence-electron chi connectivity index (χ2n) is 8.02. The van der Waals surface area contributed by atoms with Crippen LogP contribution in [-0.2, 0) is 25.6 Å². The van der Waals surface area contributed by atoms with Crippen molar-refractivity contribution in [2.24, 2.45) is 0 Å². The minimum absolute atomic E-state index is 0.0927. The lowest BCUT2D eigenvalue weighted by atomic mass is 10.1. The number of nitrogens with zero attached hydrogens (tertiary/aromatic N) is 1. The number of anilines is 1. The third-order valence-corrected chi connectivity index (χ3v) is 8.17. The molecule has 0 spiro atoms. The molecule has 31 heavy (non-hydrogen) atoms. The topological polar surface area (TPSA) is 101 Å². The lowest BCUT2D eigenvalue weighted by Crippen LogP contribution is -2.32. The van der Waals surface area contributed by atoms with Crippen LogP contribution in [-0.4, -0.2) is 46.4 Å². The number of carbonyl (C=O) groups excluding carboxylic acids is 1. The maximum atomic E-state index is 13.2. The van der Waals surface area contributed by atoms with E-state index in [1.807, 2.05) is 0 Å². The second-order valence-corrected chi connectivity index (χ2v) is 12.1. The van der Waals surface area contributed by atoms with Gasteiger partial charge in [0, 0.05) is 30.6 Å². The zero-order valence-corrected chi connectivity index (χ0v) is 19.4. The monoisotopic (exact) mass is 464 g/mol. The molecule has 1 aliphatic heterocycles. The highest BCUT2D eigenvalue weighted by molar-refractivity contribution is 7.90. The fourth-order valence-electron chi connectivity index (χ4n) is 3.64. The van der Waals surface area contributed by atoms with Gasteiger partial charge in [-0.05, 0) is 55.2 Å². The summed E-state index contributed by atoms with van der Waals surface area (Å²) in [4.78, 5) is 12.8. The Balaban J connectivity index is 1.79. The number of aryl methyl sites for hydroxylation is 1. The van der Waals surface area contributed by atoms with Crippen LogP contribution in [0.25, 0.3) is 0 Å². The Morgan fingerprint density at radius 2 is 1.55 bits per heavy atom. The highest BCUT2D eigenvalue weighted by atomic mass is 32.2. The molecule has 9 heteroatoms. The molecule has 2 aromatic rings. The number of nitrogens with one attached hydrogen (secondary N) is 1.